The van der Waals surface area contributed by atoms with Crippen LogP contribution < -0.4 is 0 Å². The average Bonchev–Trinajstić information content (AvgIpc) is 2.95. The Balaban J connectivity index is 2.03. The molecule has 2 nitrogen and oxygen atoms in total. The Bertz CT molecular complexity index is 605. The van der Waals surface area contributed by atoms with Gasteiger partial charge in [0.05, 0.1) is 5.69 Å². The minimum absolute atomic E-state index is 0.0667. The lowest BCUT2D eigenvalue weighted by atomic mass is 10.1. The third-order valence-corrected chi connectivity index (χ3v) is 3.59. The molecule has 0 fully saturated rings. The highest BCUT2D eigenvalue weighted by atomic mass is 16.1. The number of unbranched alkanes of at least 4 members (excludes halogenated alkanes) is 2. The summed E-state index contributed by atoms with van der Waals surface area (Å²) in [6.45, 7) is 5.16. The van der Waals surface area contributed by atoms with E-state index >= 15 is 0 Å². The van der Waals surface area contributed by atoms with Crippen LogP contribution in [-0.2, 0) is 6.54 Å². The smallest absolute Gasteiger partial charge is 0.202 e. The van der Waals surface area contributed by atoms with E-state index in [9.17, 15) is 4.79 Å². The van der Waals surface area contributed by atoms with Crippen molar-refractivity contribution < 1.29 is 4.79 Å². The number of aromatic nitrogens is 1. The van der Waals surface area contributed by atoms with Gasteiger partial charge >= 0.3 is 0 Å². The van der Waals surface area contributed by atoms with Crippen molar-refractivity contribution in [3.63, 3.8) is 0 Å². The molecule has 1 aromatic heterocycles. The predicted molar refractivity (Wildman–Crippen MR) is 88.5 cm³/mol. The summed E-state index contributed by atoms with van der Waals surface area (Å²) < 4.78 is 2.05. The molecule has 2 heteroatoms. The van der Waals surface area contributed by atoms with Crippen molar-refractivity contribution in [1.82, 2.24) is 4.57 Å². The molecule has 0 saturated carbocycles. The fraction of sp³-hybridized carbons (Fsp3) is 0.316. The minimum atomic E-state index is 0.0667. The van der Waals surface area contributed by atoms with Crippen LogP contribution in [0.3, 0.4) is 0 Å². The predicted octanol–water partition coefficient (Wildman–Crippen LogP) is 4.88. The van der Waals surface area contributed by atoms with Gasteiger partial charge in [-0.25, -0.2) is 0 Å². The van der Waals surface area contributed by atoms with Crippen molar-refractivity contribution in [3.8, 4) is 0 Å². The van der Waals surface area contributed by atoms with Crippen LogP contribution in [0.25, 0.3) is 6.08 Å². The lowest BCUT2D eigenvalue weighted by Crippen LogP contribution is -2.06. The fourth-order valence-corrected chi connectivity index (χ4v) is 2.30. The summed E-state index contributed by atoms with van der Waals surface area (Å²) in [6, 6.07) is 12.0. The molecule has 21 heavy (non-hydrogen) atoms. The van der Waals surface area contributed by atoms with Crippen LogP contribution in [0.4, 0.5) is 0 Å². The van der Waals surface area contributed by atoms with Crippen LogP contribution in [0.5, 0.6) is 0 Å². The maximum Gasteiger partial charge on any atom is 0.202 e. The third kappa shape index (κ3) is 4.45. The number of rotatable bonds is 7. The van der Waals surface area contributed by atoms with Crippen molar-refractivity contribution in [3.05, 3.63) is 65.5 Å². The van der Waals surface area contributed by atoms with E-state index in [0.29, 0.717) is 0 Å². The Hall–Kier alpha value is -2.09. The number of carbonyl (C=O) groups excluding carboxylic acids is 1. The molecule has 110 valence electrons. The van der Waals surface area contributed by atoms with Gasteiger partial charge in [0.2, 0.25) is 5.78 Å². The van der Waals surface area contributed by atoms with Crippen molar-refractivity contribution in [2.45, 2.75) is 39.7 Å². The van der Waals surface area contributed by atoms with Gasteiger partial charge in [0.1, 0.15) is 0 Å². The number of aryl methyl sites for hydroxylation is 2. The lowest BCUT2D eigenvalue weighted by molar-refractivity contribution is 0.103. The summed E-state index contributed by atoms with van der Waals surface area (Å²) >= 11 is 0. The first-order valence-corrected chi connectivity index (χ1v) is 7.65. The number of ketones is 1. The third-order valence-electron chi connectivity index (χ3n) is 3.59. The second-order valence-corrected chi connectivity index (χ2v) is 5.40. The van der Waals surface area contributed by atoms with Crippen LogP contribution in [0.1, 0.15) is 47.8 Å². The van der Waals surface area contributed by atoms with Gasteiger partial charge in [0, 0.05) is 12.7 Å². The monoisotopic (exact) mass is 281 g/mol. The SMILES string of the molecule is CCCCCn1cccc1C(=O)/C=C/c1ccc(C)cc1. The lowest BCUT2D eigenvalue weighted by Gasteiger charge is -2.06. The van der Waals surface area contributed by atoms with E-state index in [-0.39, 0.29) is 5.78 Å². The summed E-state index contributed by atoms with van der Waals surface area (Å²) in [6.07, 6.45) is 9.04. The summed E-state index contributed by atoms with van der Waals surface area (Å²) in [5.41, 5.74) is 3.05. The van der Waals surface area contributed by atoms with Gasteiger partial charge in [-0.05, 0) is 37.1 Å². The van der Waals surface area contributed by atoms with Crippen molar-refractivity contribution in [1.29, 1.82) is 0 Å². The molecule has 0 unspecified atom stereocenters. The van der Waals surface area contributed by atoms with E-state index in [1.54, 1.807) is 6.08 Å². The van der Waals surface area contributed by atoms with Crippen LogP contribution in [-0.4, -0.2) is 10.4 Å². The molecule has 0 aliphatic rings. The maximum absolute atomic E-state index is 12.3. The van der Waals surface area contributed by atoms with Crippen molar-refractivity contribution >= 4 is 11.9 Å². The zero-order chi connectivity index (χ0) is 15.1. The van der Waals surface area contributed by atoms with Gasteiger partial charge in [0.15, 0.2) is 0 Å². The molecule has 2 aromatic rings. The van der Waals surface area contributed by atoms with Crippen LogP contribution in [0.15, 0.2) is 48.7 Å². The fourth-order valence-electron chi connectivity index (χ4n) is 2.30. The Morgan fingerprint density at radius 3 is 2.62 bits per heavy atom. The molecule has 0 N–H and O–H groups in total. The summed E-state index contributed by atoms with van der Waals surface area (Å²) in [7, 11) is 0. The van der Waals surface area contributed by atoms with Crippen molar-refractivity contribution in [2.75, 3.05) is 0 Å². The van der Waals surface area contributed by atoms with Crippen LogP contribution >= 0.6 is 0 Å². The number of carbonyl (C=O) groups is 1. The first kappa shape index (κ1) is 15.3. The number of allylic oxidation sites excluding steroid dienone is 1. The van der Waals surface area contributed by atoms with Crippen molar-refractivity contribution in [2.24, 2.45) is 0 Å². The molecule has 0 atom stereocenters. The van der Waals surface area contributed by atoms with Gasteiger partial charge < -0.3 is 4.57 Å². The second-order valence-electron chi connectivity index (χ2n) is 5.40. The van der Waals surface area contributed by atoms with E-state index in [2.05, 4.69) is 30.5 Å². The molecule has 0 aliphatic carbocycles. The number of nitrogens with zero attached hydrogens (tertiary/aromatic N) is 1. The maximum atomic E-state index is 12.3. The van der Waals surface area contributed by atoms with E-state index < -0.39 is 0 Å². The molecule has 0 saturated heterocycles. The average molecular weight is 281 g/mol. The molecule has 0 amide bonds. The minimum Gasteiger partial charge on any atom is -0.345 e. The zero-order valence-electron chi connectivity index (χ0n) is 12.9. The summed E-state index contributed by atoms with van der Waals surface area (Å²) in [5.74, 6) is 0.0667. The van der Waals surface area contributed by atoms with Gasteiger partial charge in [-0.15, -0.1) is 0 Å². The number of benzene rings is 1. The standard InChI is InChI=1S/C19H23NO/c1-3-4-5-14-20-15-6-7-18(20)19(21)13-12-17-10-8-16(2)9-11-17/h6-13,15H,3-5,14H2,1-2H3/b13-12+. The molecular weight excluding hydrogens is 258 g/mol. The molecule has 0 aliphatic heterocycles. The highest BCUT2D eigenvalue weighted by Crippen LogP contribution is 2.10. The summed E-state index contributed by atoms with van der Waals surface area (Å²) in [5, 5.41) is 0. The Labute approximate surface area is 127 Å². The molecular formula is C19H23NO. The number of hydrogen-bond donors (Lipinski definition) is 0. The first-order chi connectivity index (χ1) is 10.2. The van der Waals surface area contributed by atoms with E-state index in [0.717, 1.165) is 24.2 Å². The normalized spacial score (nSPS) is 11.1. The van der Waals surface area contributed by atoms with Crippen LogP contribution in [0, 0.1) is 6.92 Å². The quantitative estimate of drug-likeness (QED) is 0.402. The molecule has 0 bridgehead atoms. The Morgan fingerprint density at radius 1 is 1.14 bits per heavy atom. The Morgan fingerprint density at radius 2 is 1.90 bits per heavy atom. The highest BCUT2D eigenvalue weighted by molar-refractivity contribution is 6.05. The zero-order valence-corrected chi connectivity index (χ0v) is 12.9. The van der Waals surface area contributed by atoms with E-state index in [1.807, 2.05) is 36.5 Å². The van der Waals surface area contributed by atoms with E-state index in [4.69, 9.17) is 0 Å². The van der Waals surface area contributed by atoms with Gasteiger partial charge in [-0.2, -0.15) is 0 Å². The first-order valence-electron chi connectivity index (χ1n) is 7.65. The topological polar surface area (TPSA) is 22.0 Å². The second kappa shape index (κ2) is 7.63. The molecule has 0 radical (unpaired) electrons. The van der Waals surface area contributed by atoms with Gasteiger partial charge in [0.25, 0.3) is 0 Å². The number of hydrogen-bond acceptors (Lipinski definition) is 1. The highest BCUT2D eigenvalue weighted by Gasteiger charge is 2.07. The molecule has 1 heterocycles. The Kier molecular flexibility index (Phi) is 5.56. The molecule has 0 spiro atoms. The molecule has 1 aromatic carbocycles. The van der Waals surface area contributed by atoms with Gasteiger partial charge in [-0.1, -0.05) is 55.7 Å². The van der Waals surface area contributed by atoms with E-state index in [1.165, 1.54) is 18.4 Å². The summed E-state index contributed by atoms with van der Waals surface area (Å²) in [4.78, 5) is 12.3. The largest absolute Gasteiger partial charge is 0.345 e. The van der Waals surface area contributed by atoms with Gasteiger partial charge in [-0.3, -0.25) is 4.79 Å². The molecule has 2 rings (SSSR count). The van der Waals surface area contributed by atoms with Crippen LogP contribution in [0.2, 0.25) is 0 Å².